The first-order valence-electron chi connectivity index (χ1n) is 7.43. The number of hydrogen-bond acceptors (Lipinski definition) is 3. The Labute approximate surface area is 134 Å². The van der Waals surface area contributed by atoms with Gasteiger partial charge in [0.05, 0.1) is 12.2 Å². The maximum atomic E-state index is 14.4. The zero-order valence-corrected chi connectivity index (χ0v) is 12.8. The molecule has 3 rings (SSSR count). The SMILES string of the molecule is C[C@H](N)Cn1ccc(-c2ccc(Oc3ccccc3)cc2F)n1. The van der Waals surface area contributed by atoms with Crippen LogP contribution in [0.15, 0.2) is 60.8 Å². The summed E-state index contributed by atoms with van der Waals surface area (Å²) in [6.07, 6.45) is 1.80. The molecule has 0 spiro atoms. The highest BCUT2D eigenvalue weighted by atomic mass is 19.1. The van der Waals surface area contributed by atoms with Crippen molar-refractivity contribution in [1.82, 2.24) is 9.78 Å². The minimum atomic E-state index is -0.371. The van der Waals surface area contributed by atoms with Crippen molar-refractivity contribution in [3.8, 4) is 22.8 Å². The molecule has 1 atom stereocenters. The van der Waals surface area contributed by atoms with Crippen LogP contribution in [-0.2, 0) is 6.54 Å². The highest BCUT2D eigenvalue weighted by Crippen LogP contribution is 2.27. The smallest absolute Gasteiger partial charge is 0.136 e. The van der Waals surface area contributed by atoms with Crippen LogP contribution >= 0.6 is 0 Å². The Hall–Kier alpha value is -2.66. The molecule has 0 bridgehead atoms. The largest absolute Gasteiger partial charge is 0.457 e. The van der Waals surface area contributed by atoms with Gasteiger partial charge in [0.2, 0.25) is 0 Å². The van der Waals surface area contributed by atoms with E-state index in [9.17, 15) is 4.39 Å². The van der Waals surface area contributed by atoms with E-state index in [1.54, 1.807) is 29.1 Å². The highest BCUT2D eigenvalue weighted by Gasteiger charge is 2.10. The number of halogens is 1. The summed E-state index contributed by atoms with van der Waals surface area (Å²) < 4.78 is 21.7. The van der Waals surface area contributed by atoms with Gasteiger partial charge in [0, 0.05) is 23.9 Å². The van der Waals surface area contributed by atoms with Crippen LogP contribution < -0.4 is 10.5 Å². The second-order valence-electron chi connectivity index (χ2n) is 5.46. The number of rotatable bonds is 5. The first-order chi connectivity index (χ1) is 11.1. The van der Waals surface area contributed by atoms with Crippen LogP contribution in [0, 0.1) is 5.82 Å². The van der Waals surface area contributed by atoms with Gasteiger partial charge in [-0.1, -0.05) is 18.2 Å². The molecule has 0 amide bonds. The fraction of sp³-hybridized carbons (Fsp3) is 0.167. The molecular weight excluding hydrogens is 293 g/mol. The van der Waals surface area contributed by atoms with Crippen LogP contribution in [0.5, 0.6) is 11.5 Å². The topological polar surface area (TPSA) is 53.1 Å². The lowest BCUT2D eigenvalue weighted by Crippen LogP contribution is -2.22. The number of aromatic nitrogens is 2. The fourth-order valence-electron chi connectivity index (χ4n) is 2.29. The van der Waals surface area contributed by atoms with E-state index in [4.69, 9.17) is 10.5 Å². The lowest BCUT2D eigenvalue weighted by atomic mass is 10.1. The van der Waals surface area contributed by atoms with Crippen molar-refractivity contribution in [2.45, 2.75) is 19.5 Å². The number of ether oxygens (including phenoxy) is 1. The van der Waals surface area contributed by atoms with Crippen LogP contribution in [0.3, 0.4) is 0 Å². The summed E-state index contributed by atoms with van der Waals surface area (Å²) in [6, 6.07) is 15.8. The third-order valence-corrected chi connectivity index (χ3v) is 3.31. The highest BCUT2D eigenvalue weighted by molar-refractivity contribution is 5.60. The first-order valence-corrected chi connectivity index (χ1v) is 7.43. The second kappa shape index (κ2) is 6.62. The Morgan fingerprint density at radius 3 is 2.61 bits per heavy atom. The van der Waals surface area contributed by atoms with Crippen molar-refractivity contribution in [3.63, 3.8) is 0 Å². The van der Waals surface area contributed by atoms with Crippen LogP contribution in [-0.4, -0.2) is 15.8 Å². The summed E-state index contributed by atoms with van der Waals surface area (Å²) in [6.45, 7) is 2.49. The van der Waals surface area contributed by atoms with Crippen molar-refractivity contribution in [2.24, 2.45) is 5.73 Å². The van der Waals surface area contributed by atoms with Gasteiger partial charge in [-0.05, 0) is 37.3 Å². The van der Waals surface area contributed by atoms with E-state index in [1.165, 1.54) is 6.07 Å². The Morgan fingerprint density at radius 2 is 1.91 bits per heavy atom. The third kappa shape index (κ3) is 3.76. The number of benzene rings is 2. The van der Waals surface area contributed by atoms with Crippen LogP contribution in [0.1, 0.15) is 6.92 Å². The molecule has 3 aromatic rings. The van der Waals surface area contributed by atoms with E-state index in [0.717, 1.165) is 0 Å². The lowest BCUT2D eigenvalue weighted by molar-refractivity contribution is 0.477. The molecule has 0 saturated heterocycles. The van der Waals surface area contributed by atoms with Gasteiger partial charge < -0.3 is 10.5 Å². The predicted octanol–water partition coefficient (Wildman–Crippen LogP) is 3.83. The maximum absolute atomic E-state index is 14.4. The second-order valence-corrected chi connectivity index (χ2v) is 5.46. The Kier molecular flexibility index (Phi) is 4.39. The predicted molar refractivity (Wildman–Crippen MR) is 87.8 cm³/mol. The first kappa shape index (κ1) is 15.2. The standard InChI is InChI=1S/C18H18FN3O/c1-13(20)12-22-10-9-18(21-22)16-8-7-15(11-17(16)19)23-14-5-3-2-4-6-14/h2-11,13H,12,20H2,1H3/t13-/m0/s1. The summed E-state index contributed by atoms with van der Waals surface area (Å²) in [5, 5.41) is 4.35. The van der Waals surface area contributed by atoms with E-state index in [1.807, 2.05) is 37.3 Å². The molecule has 5 heteroatoms. The molecule has 2 N–H and O–H groups in total. The van der Waals surface area contributed by atoms with Gasteiger partial charge in [-0.25, -0.2) is 4.39 Å². The van der Waals surface area contributed by atoms with Gasteiger partial charge in [-0.3, -0.25) is 4.68 Å². The van der Waals surface area contributed by atoms with E-state index in [2.05, 4.69) is 5.10 Å². The Balaban J connectivity index is 1.80. The van der Waals surface area contributed by atoms with Crippen molar-refractivity contribution in [1.29, 1.82) is 0 Å². The average molecular weight is 311 g/mol. The molecule has 4 nitrogen and oxygen atoms in total. The molecule has 1 aromatic heterocycles. The maximum Gasteiger partial charge on any atom is 0.136 e. The molecule has 1 heterocycles. The molecular formula is C18H18FN3O. The average Bonchev–Trinajstić information content (AvgIpc) is 2.96. The van der Waals surface area contributed by atoms with Gasteiger partial charge in [0.15, 0.2) is 0 Å². The zero-order valence-electron chi connectivity index (χ0n) is 12.8. The summed E-state index contributed by atoms with van der Waals surface area (Å²) >= 11 is 0. The number of nitrogens with zero attached hydrogens (tertiary/aromatic N) is 2. The molecule has 2 aromatic carbocycles. The molecule has 0 fully saturated rings. The molecule has 0 aliphatic heterocycles. The summed E-state index contributed by atoms with van der Waals surface area (Å²) in [7, 11) is 0. The van der Waals surface area contributed by atoms with Crippen molar-refractivity contribution in [2.75, 3.05) is 0 Å². The van der Waals surface area contributed by atoms with Crippen molar-refractivity contribution >= 4 is 0 Å². The number of hydrogen-bond donors (Lipinski definition) is 1. The molecule has 0 aliphatic rings. The molecule has 0 aliphatic carbocycles. The monoisotopic (exact) mass is 311 g/mol. The summed E-state index contributed by atoms with van der Waals surface area (Å²) in [5.74, 6) is 0.748. The van der Waals surface area contributed by atoms with Gasteiger partial charge in [0.25, 0.3) is 0 Å². The van der Waals surface area contributed by atoms with E-state index in [-0.39, 0.29) is 11.9 Å². The van der Waals surface area contributed by atoms with Crippen LogP contribution in [0.2, 0.25) is 0 Å². The normalized spacial score (nSPS) is 12.1. The minimum absolute atomic E-state index is 0.00533. The molecule has 0 saturated carbocycles. The van der Waals surface area contributed by atoms with E-state index < -0.39 is 0 Å². The molecule has 0 unspecified atom stereocenters. The Morgan fingerprint density at radius 1 is 1.13 bits per heavy atom. The molecule has 23 heavy (non-hydrogen) atoms. The van der Waals surface area contributed by atoms with E-state index >= 15 is 0 Å². The Bertz CT molecular complexity index is 784. The van der Waals surface area contributed by atoms with Gasteiger partial charge in [-0.2, -0.15) is 5.10 Å². The summed E-state index contributed by atoms with van der Waals surface area (Å²) in [4.78, 5) is 0. The molecule has 118 valence electrons. The number of para-hydroxylation sites is 1. The third-order valence-electron chi connectivity index (χ3n) is 3.31. The summed E-state index contributed by atoms with van der Waals surface area (Å²) in [5.41, 5.74) is 6.76. The fourth-order valence-corrected chi connectivity index (χ4v) is 2.29. The van der Waals surface area contributed by atoms with E-state index in [0.29, 0.717) is 29.3 Å². The quantitative estimate of drug-likeness (QED) is 0.779. The van der Waals surface area contributed by atoms with Crippen LogP contribution in [0.4, 0.5) is 4.39 Å². The van der Waals surface area contributed by atoms with Crippen molar-refractivity contribution in [3.05, 3.63) is 66.6 Å². The zero-order chi connectivity index (χ0) is 16.2. The molecule has 0 radical (unpaired) electrons. The lowest BCUT2D eigenvalue weighted by Gasteiger charge is -2.07. The van der Waals surface area contributed by atoms with Gasteiger partial charge in [-0.15, -0.1) is 0 Å². The minimum Gasteiger partial charge on any atom is -0.457 e. The van der Waals surface area contributed by atoms with Crippen LogP contribution in [0.25, 0.3) is 11.3 Å². The van der Waals surface area contributed by atoms with Gasteiger partial charge in [0.1, 0.15) is 17.3 Å². The van der Waals surface area contributed by atoms with Crippen molar-refractivity contribution < 1.29 is 9.13 Å². The van der Waals surface area contributed by atoms with Gasteiger partial charge >= 0.3 is 0 Å². The number of nitrogens with two attached hydrogens (primary N) is 1.